The highest BCUT2D eigenvalue weighted by Crippen LogP contribution is 2.22. The molecule has 1 saturated heterocycles. The molecule has 26 heavy (non-hydrogen) atoms. The van der Waals surface area contributed by atoms with Gasteiger partial charge in [0.15, 0.2) is 6.29 Å². The van der Waals surface area contributed by atoms with Crippen molar-refractivity contribution < 1.29 is 14.3 Å². The molecular formula is C22H27NO3. The number of para-hydroxylation sites is 1. The molecule has 0 spiro atoms. The van der Waals surface area contributed by atoms with E-state index in [9.17, 15) is 4.79 Å². The Bertz CT molecular complexity index is 668. The number of anilines is 1. The van der Waals surface area contributed by atoms with Crippen molar-refractivity contribution in [1.82, 2.24) is 0 Å². The van der Waals surface area contributed by atoms with Crippen molar-refractivity contribution >= 4 is 11.6 Å². The maximum atomic E-state index is 13.1. The maximum absolute atomic E-state index is 13.1. The van der Waals surface area contributed by atoms with Gasteiger partial charge in [0.2, 0.25) is 5.91 Å². The first-order chi connectivity index (χ1) is 12.7. The number of amides is 1. The van der Waals surface area contributed by atoms with Crippen molar-refractivity contribution in [1.29, 1.82) is 0 Å². The van der Waals surface area contributed by atoms with E-state index in [0.717, 1.165) is 30.5 Å². The third-order valence-electron chi connectivity index (χ3n) is 4.71. The molecule has 0 aromatic heterocycles. The van der Waals surface area contributed by atoms with Crippen LogP contribution in [-0.4, -0.2) is 25.4 Å². The monoisotopic (exact) mass is 353 g/mol. The first kappa shape index (κ1) is 18.6. The van der Waals surface area contributed by atoms with Gasteiger partial charge in [-0.05, 0) is 37.0 Å². The van der Waals surface area contributed by atoms with Crippen LogP contribution in [0.2, 0.25) is 0 Å². The van der Waals surface area contributed by atoms with Gasteiger partial charge < -0.3 is 14.4 Å². The number of rotatable bonds is 8. The summed E-state index contributed by atoms with van der Waals surface area (Å²) in [4.78, 5) is 15.0. The van der Waals surface area contributed by atoms with Gasteiger partial charge in [-0.15, -0.1) is 0 Å². The molecule has 1 fully saturated rings. The Hall–Kier alpha value is -2.17. The molecule has 2 aromatic rings. The molecule has 0 unspecified atom stereocenters. The SMILES string of the molecule is C[C@@H](CCCC1OCCO1)C(=O)N(Cc1ccccc1)c1ccccc1. The molecule has 1 heterocycles. The standard InChI is InChI=1S/C22H27NO3/c1-18(9-8-14-21-25-15-16-26-21)22(24)23(20-12-6-3-7-13-20)17-19-10-4-2-5-11-19/h2-7,10-13,18,21H,8-9,14-17H2,1H3/t18-/m0/s1. The Balaban J connectivity index is 1.63. The number of benzene rings is 2. The summed E-state index contributed by atoms with van der Waals surface area (Å²) in [7, 11) is 0. The van der Waals surface area contributed by atoms with E-state index in [1.165, 1.54) is 0 Å². The Morgan fingerprint density at radius 2 is 1.65 bits per heavy atom. The average molecular weight is 353 g/mol. The lowest BCUT2D eigenvalue weighted by atomic mass is 10.0. The topological polar surface area (TPSA) is 38.8 Å². The molecule has 0 N–H and O–H groups in total. The van der Waals surface area contributed by atoms with E-state index in [2.05, 4.69) is 12.1 Å². The fraction of sp³-hybridized carbons (Fsp3) is 0.409. The molecule has 2 aromatic carbocycles. The van der Waals surface area contributed by atoms with Gasteiger partial charge >= 0.3 is 0 Å². The Kier molecular flexibility index (Phi) is 6.81. The van der Waals surface area contributed by atoms with Gasteiger partial charge in [0.25, 0.3) is 0 Å². The van der Waals surface area contributed by atoms with Gasteiger partial charge in [0, 0.05) is 11.6 Å². The van der Waals surface area contributed by atoms with Crippen molar-refractivity contribution in [3.8, 4) is 0 Å². The van der Waals surface area contributed by atoms with Crippen LogP contribution in [0.4, 0.5) is 5.69 Å². The van der Waals surface area contributed by atoms with E-state index in [1.54, 1.807) is 0 Å². The summed E-state index contributed by atoms with van der Waals surface area (Å²) >= 11 is 0. The van der Waals surface area contributed by atoms with Gasteiger partial charge in [0.05, 0.1) is 19.8 Å². The summed E-state index contributed by atoms with van der Waals surface area (Å²) in [6, 6.07) is 20.0. The first-order valence-electron chi connectivity index (χ1n) is 9.37. The van der Waals surface area contributed by atoms with Crippen LogP contribution < -0.4 is 4.90 Å². The van der Waals surface area contributed by atoms with Crippen LogP contribution in [0.5, 0.6) is 0 Å². The van der Waals surface area contributed by atoms with Gasteiger partial charge in [-0.2, -0.15) is 0 Å². The summed E-state index contributed by atoms with van der Waals surface area (Å²) in [6.07, 6.45) is 2.51. The molecule has 4 heteroatoms. The lowest BCUT2D eigenvalue weighted by Gasteiger charge is -2.26. The number of carbonyl (C=O) groups is 1. The molecule has 4 nitrogen and oxygen atoms in total. The second kappa shape index (κ2) is 9.51. The number of nitrogens with zero attached hydrogens (tertiary/aromatic N) is 1. The molecule has 1 amide bonds. The summed E-state index contributed by atoms with van der Waals surface area (Å²) in [6.45, 7) is 3.96. The minimum atomic E-state index is -0.0909. The van der Waals surface area contributed by atoms with Gasteiger partial charge in [-0.1, -0.05) is 55.5 Å². The molecule has 1 atom stereocenters. The molecule has 3 rings (SSSR count). The van der Waals surface area contributed by atoms with Crippen LogP contribution in [0.15, 0.2) is 60.7 Å². The smallest absolute Gasteiger partial charge is 0.230 e. The van der Waals surface area contributed by atoms with Gasteiger partial charge in [-0.3, -0.25) is 4.79 Å². The van der Waals surface area contributed by atoms with Crippen LogP contribution >= 0.6 is 0 Å². The molecule has 1 aliphatic heterocycles. The lowest BCUT2D eigenvalue weighted by molar-refractivity contribution is -0.122. The molecule has 0 aliphatic carbocycles. The fourth-order valence-electron chi connectivity index (χ4n) is 3.22. The van der Waals surface area contributed by atoms with Crippen molar-refractivity contribution in [3.63, 3.8) is 0 Å². The normalized spacial score (nSPS) is 15.7. The predicted molar refractivity (Wildman–Crippen MR) is 103 cm³/mol. The van der Waals surface area contributed by atoms with Gasteiger partial charge in [0.1, 0.15) is 0 Å². The van der Waals surface area contributed by atoms with Crippen LogP contribution in [0.3, 0.4) is 0 Å². The summed E-state index contributed by atoms with van der Waals surface area (Å²) in [5, 5.41) is 0. The summed E-state index contributed by atoms with van der Waals surface area (Å²) in [5.41, 5.74) is 2.07. The largest absolute Gasteiger partial charge is 0.350 e. The molecular weight excluding hydrogens is 326 g/mol. The van der Waals surface area contributed by atoms with E-state index >= 15 is 0 Å². The molecule has 0 radical (unpaired) electrons. The average Bonchev–Trinajstić information content (AvgIpc) is 3.20. The maximum Gasteiger partial charge on any atom is 0.230 e. The number of hydrogen-bond donors (Lipinski definition) is 0. The number of ether oxygens (including phenoxy) is 2. The van der Waals surface area contributed by atoms with E-state index in [0.29, 0.717) is 19.8 Å². The highest BCUT2D eigenvalue weighted by molar-refractivity contribution is 5.94. The Labute approximate surface area is 155 Å². The Morgan fingerprint density at radius 1 is 1.04 bits per heavy atom. The number of carbonyl (C=O) groups excluding carboxylic acids is 1. The zero-order chi connectivity index (χ0) is 18.2. The zero-order valence-corrected chi connectivity index (χ0v) is 15.3. The quantitative estimate of drug-likeness (QED) is 0.706. The third-order valence-corrected chi connectivity index (χ3v) is 4.71. The fourth-order valence-corrected chi connectivity index (χ4v) is 3.22. The van der Waals surface area contributed by atoms with E-state index in [-0.39, 0.29) is 18.1 Å². The van der Waals surface area contributed by atoms with Crippen molar-refractivity contribution in [2.24, 2.45) is 5.92 Å². The minimum absolute atomic E-state index is 0.0414. The predicted octanol–water partition coefficient (Wildman–Crippen LogP) is 4.40. The van der Waals surface area contributed by atoms with Crippen molar-refractivity contribution in [3.05, 3.63) is 66.2 Å². The van der Waals surface area contributed by atoms with Crippen LogP contribution in [0.1, 0.15) is 31.7 Å². The highest BCUT2D eigenvalue weighted by Gasteiger charge is 2.23. The molecule has 0 saturated carbocycles. The molecule has 138 valence electrons. The first-order valence-corrected chi connectivity index (χ1v) is 9.37. The van der Waals surface area contributed by atoms with Gasteiger partial charge in [-0.25, -0.2) is 0 Å². The third kappa shape index (κ3) is 5.16. The zero-order valence-electron chi connectivity index (χ0n) is 15.3. The second-order valence-electron chi connectivity index (χ2n) is 6.75. The summed E-state index contributed by atoms with van der Waals surface area (Å²) in [5.74, 6) is 0.119. The number of hydrogen-bond acceptors (Lipinski definition) is 3. The van der Waals surface area contributed by atoms with E-state index in [1.807, 2.05) is 60.4 Å². The van der Waals surface area contributed by atoms with E-state index in [4.69, 9.17) is 9.47 Å². The summed E-state index contributed by atoms with van der Waals surface area (Å²) < 4.78 is 10.9. The van der Waals surface area contributed by atoms with Crippen LogP contribution in [-0.2, 0) is 20.8 Å². The van der Waals surface area contributed by atoms with E-state index < -0.39 is 0 Å². The van der Waals surface area contributed by atoms with Crippen molar-refractivity contribution in [2.45, 2.75) is 39.0 Å². The molecule has 1 aliphatic rings. The Morgan fingerprint density at radius 3 is 2.31 bits per heavy atom. The van der Waals surface area contributed by atoms with Crippen molar-refractivity contribution in [2.75, 3.05) is 18.1 Å². The second-order valence-corrected chi connectivity index (χ2v) is 6.75. The highest BCUT2D eigenvalue weighted by atomic mass is 16.7. The molecule has 0 bridgehead atoms. The van der Waals surface area contributed by atoms with Crippen LogP contribution in [0, 0.1) is 5.92 Å². The van der Waals surface area contributed by atoms with Crippen LogP contribution in [0.25, 0.3) is 0 Å². The lowest BCUT2D eigenvalue weighted by Crippen LogP contribution is -2.34. The minimum Gasteiger partial charge on any atom is -0.350 e.